The summed E-state index contributed by atoms with van der Waals surface area (Å²) in [7, 11) is -3.35. The van der Waals surface area contributed by atoms with Gasteiger partial charge in [-0.25, -0.2) is 13.1 Å². The third-order valence-corrected chi connectivity index (χ3v) is 4.51. The topological polar surface area (TPSA) is 55.4 Å². The Balaban J connectivity index is 1.93. The number of ether oxygens (including phenoxy) is 1. The van der Waals surface area contributed by atoms with Gasteiger partial charge in [0.2, 0.25) is 10.0 Å². The van der Waals surface area contributed by atoms with Gasteiger partial charge >= 0.3 is 0 Å². The fourth-order valence-electron chi connectivity index (χ4n) is 2.02. The van der Waals surface area contributed by atoms with E-state index in [4.69, 9.17) is 4.74 Å². The highest BCUT2D eigenvalue weighted by atomic mass is 32.2. The quantitative estimate of drug-likeness (QED) is 0.853. The Bertz CT molecular complexity index is 692. The lowest BCUT2D eigenvalue weighted by Gasteiger charge is -2.08. The van der Waals surface area contributed by atoms with Crippen molar-refractivity contribution in [3.63, 3.8) is 0 Å². The van der Waals surface area contributed by atoms with Crippen LogP contribution in [0.5, 0.6) is 5.75 Å². The largest absolute Gasteiger partial charge is 0.494 e. The Kier molecular flexibility index (Phi) is 5.57. The van der Waals surface area contributed by atoms with Crippen LogP contribution < -0.4 is 9.46 Å². The fourth-order valence-corrected chi connectivity index (χ4v) is 3.14. The number of benzene rings is 2. The first-order chi connectivity index (χ1) is 10.5. The normalized spacial score (nSPS) is 11.4. The number of aryl methyl sites for hydroxylation is 1. The summed E-state index contributed by atoms with van der Waals surface area (Å²) >= 11 is 0. The van der Waals surface area contributed by atoms with Gasteiger partial charge in [-0.3, -0.25) is 0 Å². The first-order valence-electron chi connectivity index (χ1n) is 7.23. The minimum atomic E-state index is -3.35. The minimum Gasteiger partial charge on any atom is -0.494 e. The van der Waals surface area contributed by atoms with Crippen molar-refractivity contribution in [1.82, 2.24) is 4.72 Å². The van der Waals surface area contributed by atoms with Gasteiger partial charge in [0, 0.05) is 6.54 Å². The van der Waals surface area contributed by atoms with Crippen LogP contribution in [0.1, 0.15) is 23.6 Å². The number of hydrogen-bond donors (Lipinski definition) is 1. The first-order valence-corrected chi connectivity index (χ1v) is 8.88. The highest BCUT2D eigenvalue weighted by Crippen LogP contribution is 2.13. The van der Waals surface area contributed by atoms with E-state index in [-0.39, 0.29) is 12.3 Å². The molecule has 4 nitrogen and oxygen atoms in total. The highest BCUT2D eigenvalue weighted by molar-refractivity contribution is 7.88. The number of nitrogens with one attached hydrogen (secondary N) is 1. The molecule has 0 atom stereocenters. The minimum absolute atomic E-state index is 0.00961. The molecule has 0 radical (unpaired) electrons. The SMILES string of the molecule is CCOc1ccc(CNS(=O)(=O)Cc2ccc(C)cc2)cc1. The molecule has 118 valence electrons. The molecule has 2 rings (SSSR count). The molecule has 0 unspecified atom stereocenters. The zero-order chi connectivity index (χ0) is 16.0. The van der Waals surface area contributed by atoms with Gasteiger partial charge in [0.05, 0.1) is 12.4 Å². The number of hydrogen-bond acceptors (Lipinski definition) is 3. The average molecular weight is 319 g/mol. The van der Waals surface area contributed by atoms with Crippen molar-refractivity contribution in [2.75, 3.05) is 6.61 Å². The van der Waals surface area contributed by atoms with Crippen molar-refractivity contribution in [3.05, 3.63) is 65.2 Å². The van der Waals surface area contributed by atoms with Gasteiger partial charge in [-0.2, -0.15) is 0 Å². The standard InChI is InChI=1S/C17H21NO3S/c1-3-21-17-10-8-15(9-11-17)12-18-22(19,20)13-16-6-4-14(2)5-7-16/h4-11,18H,3,12-13H2,1-2H3. The summed E-state index contributed by atoms with van der Waals surface area (Å²) in [5.74, 6) is 0.776. The molecule has 0 heterocycles. The predicted molar refractivity (Wildman–Crippen MR) is 88.3 cm³/mol. The van der Waals surface area contributed by atoms with Crippen LogP contribution in [0.15, 0.2) is 48.5 Å². The molecular formula is C17H21NO3S. The molecule has 0 aliphatic rings. The summed E-state index contributed by atoms with van der Waals surface area (Å²) in [5.41, 5.74) is 2.80. The summed E-state index contributed by atoms with van der Waals surface area (Å²) < 4.78 is 32.2. The van der Waals surface area contributed by atoms with Gasteiger partial charge < -0.3 is 4.74 Å². The van der Waals surface area contributed by atoms with Crippen LogP contribution in [-0.2, 0) is 22.3 Å². The van der Waals surface area contributed by atoms with E-state index in [1.54, 1.807) is 0 Å². The second-order valence-corrected chi connectivity index (χ2v) is 6.95. The van der Waals surface area contributed by atoms with Crippen LogP contribution in [-0.4, -0.2) is 15.0 Å². The van der Waals surface area contributed by atoms with E-state index in [1.807, 2.05) is 62.4 Å². The molecule has 2 aromatic carbocycles. The monoisotopic (exact) mass is 319 g/mol. The molecule has 5 heteroatoms. The fraction of sp³-hybridized carbons (Fsp3) is 0.294. The molecule has 0 spiro atoms. The van der Waals surface area contributed by atoms with E-state index in [9.17, 15) is 8.42 Å². The maximum Gasteiger partial charge on any atom is 0.216 e. The molecule has 0 saturated carbocycles. The van der Waals surface area contributed by atoms with Gasteiger partial charge in [-0.15, -0.1) is 0 Å². The van der Waals surface area contributed by atoms with Crippen LogP contribution in [0.3, 0.4) is 0 Å². The van der Waals surface area contributed by atoms with Gasteiger partial charge in [-0.1, -0.05) is 42.0 Å². The maximum absolute atomic E-state index is 12.1. The third kappa shape index (κ3) is 5.16. The predicted octanol–water partition coefficient (Wildman–Crippen LogP) is 3.01. The lowest BCUT2D eigenvalue weighted by molar-refractivity contribution is 0.340. The molecule has 22 heavy (non-hydrogen) atoms. The lowest BCUT2D eigenvalue weighted by Crippen LogP contribution is -2.24. The molecule has 0 aliphatic carbocycles. The van der Waals surface area contributed by atoms with E-state index in [2.05, 4.69) is 4.72 Å². The van der Waals surface area contributed by atoms with Gasteiger partial charge in [-0.05, 0) is 37.1 Å². The molecular weight excluding hydrogens is 298 g/mol. The summed E-state index contributed by atoms with van der Waals surface area (Å²) in [6, 6.07) is 14.9. The summed E-state index contributed by atoms with van der Waals surface area (Å²) in [6.07, 6.45) is 0. The van der Waals surface area contributed by atoms with Crippen molar-refractivity contribution in [1.29, 1.82) is 0 Å². The maximum atomic E-state index is 12.1. The van der Waals surface area contributed by atoms with Gasteiger partial charge in [0.25, 0.3) is 0 Å². The van der Waals surface area contributed by atoms with Gasteiger partial charge in [0.15, 0.2) is 0 Å². The molecule has 0 bridgehead atoms. The van der Waals surface area contributed by atoms with Crippen LogP contribution in [0.25, 0.3) is 0 Å². The summed E-state index contributed by atoms with van der Waals surface area (Å²) in [4.78, 5) is 0. The Hall–Kier alpha value is -1.85. The zero-order valence-electron chi connectivity index (χ0n) is 12.9. The van der Waals surface area contributed by atoms with E-state index in [0.717, 1.165) is 22.4 Å². The average Bonchev–Trinajstić information content (AvgIpc) is 2.49. The van der Waals surface area contributed by atoms with E-state index in [1.165, 1.54) is 0 Å². The second-order valence-electron chi connectivity index (χ2n) is 5.14. The van der Waals surface area contributed by atoms with Crippen LogP contribution >= 0.6 is 0 Å². The third-order valence-electron chi connectivity index (χ3n) is 3.21. The molecule has 0 amide bonds. The smallest absolute Gasteiger partial charge is 0.216 e. The Labute approximate surface area is 132 Å². The molecule has 0 aliphatic heterocycles. The second kappa shape index (κ2) is 7.42. The Morgan fingerprint density at radius 2 is 1.55 bits per heavy atom. The lowest BCUT2D eigenvalue weighted by atomic mass is 10.2. The molecule has 2 aromatic rings. The summed E-state index contributed by atoms with van der Waals surface area (Å²) in [6.45, 7) is 4.79. The number of rotatable bonds is 7. The van der Waals surface area contributed by atoms with E-state index in [0.29, 0.717) is 6.61 Å². The van der Waals surface area contributed by atoms with Crippen molar-refractivity contribution in [2.24, 2.45) is 0 Å². The van der Waals surface area contributed by atoms with Crippen molar-refractivity contribution < 1.29 is 13.2 Å². The molecule has 0 saturated heterocycles. The van der Waals surface area contributed by atoms with Crippen molar-refractivity contribution >= 4 is 10.0 Å². The molecule has 0 aromatic heterocycles. The van der Waals surface area contributed by atoms with Crippen LogP contribution in [0.2, 0.25) is 0 Å². The van der Waals surface area contributed by atoms with Crippen molar-refractivity contribution in [3.8, 4) is 5.75 Å². The molecule has 1 N–H and O–H groups in total. The summed E-state index contributed by atoms with van der Waals surface area (Å²) in [5, 5.41) is 0. The Morgan fingerprint density at radius 3 is 2.14 bits per heavy atom. The highest BCUT2D eigenvalue weighted by Gasteiger charge is 2.11. The first kappa shape index (κ1) is 16.5. The Morgan fingerprint density at radius 1 is 0.955 bits per heavy atom. The van der Waals surface area contributed by atoms with Crippen LogP contribution in [0.4, 0.5) is 0 Å². The zero-order valence-corrected chi connectivity index (χ0v) is 13.7. The van der Waals surface area contributed by atoms with Crippen LogP contribution in [0, 0.1) is 6.92 Å². The van der Waals surface area contributed by atoms with E-state index < -0.39 is 10.0 Å². The van der Waals surface area contributed by atoms with Crippen molar-refractivity contribution in [2.45, 2.75) is 26.1 Å². The van der Waals surface area contributed by atoms with E-state index >= 15 is 0 Å². The molecule has 0 fully saturated rings. The number of sulfonamides is 1. The van der Waals surface area contributed by atoms with Gasteiger partial charge in [0.1, 0.15) is 5.75 Å².